The number of fused-ring (bicyclic) bond motifs is 1. The van der Waals surface area contributed by atoms with Crippen molar-refractivity contribution in [3.8, 4) is 11.1 Å². The number of amides is 2. The summed E-state index contributed by atoms with van der Waals surface area (Å²) in [6, 6.07) is 4.10. The Bertz CT molecular complexity index is 1190. The molecule has 2 aromatic rings. The highest BCUT2D eigenvalue weighted by molar-refractivity contribution is 7.88. The van der Waals surface area contributed by atoms with Crippen LogP contribution in [0.2, 0.25) is 0 Å². The average Bonchev–Trinajstić information content (AvgIpc) is 3.44. The maximum Gasteiger partial charge on any atom is 0.318 e. The number of likely N-dealkylation sites (tertiary alicyclic amines) is 1. The summed E-state index contributed by atoms with van der Waals surface area (Å²) < 4.78 is 94.4. The second-order valence-electron chi connectivity index (χ2n) is 8.58. The number of carbonyl (C=O) groups is 1. The summed E-state index contributed by atoms with van der Waals surface area (Å²) >= 11 is 0. The van der Waals surface area contributed by atoms with Gasteiger partial charge in [0.2, 0.25) is 10.0 Å². The lowest BCUT2D eigenvalue weighted by molar-refractivity contribution is 0.134. The second kappa shape index (κ2) is 9.14. The number of halogens is 5. The van der Waals surface area contributed by atoms with Gasteiger partial charge in [-0.25, -0.2) is 39.9 Å². The van der Waals surface area contributed by atoms with Crippen LogP contribution in [0.4, 0.5) is 26.7 Å². The molecule has 2 amide bonds. The maximum atomic E-state index is 15.4. The van der Waals surface area contributed by atoms with Crippen molar-refractivity contribution >= 4 is 16.1 Å². The fourth-order valence-corrected chi connectivity index (χ4v) is 5.53. The standard InChI is InChI=1S/C22H22F5N3O3S/c1-34(32,33)29-21-16-9-17(16)30(22(31)28-10-19(25)26)18(21)7-11-3-2-4-15(20(11)27)12-5-13(23)8-14(24)6-12/h2-6,8,16-19,21,29H,7,9-10H2,1H3,(H,28,31)/t16-,17+,18+,21+/m0/s1. The number of urea groups is 1. The van der Waals surface area contributed by atoms with Crippen molar-refractivity contribution in [2.75, 3.05) is 12.8 Å². The van der Waals surface area contributed by atoms with E-state index < -0.39 is 58.6 Å². The molecule has 0 spiro atoms. The molecule has 2 N–H and O–H groups in total. The minimum absolute atomic E-state index is 0.0246. The van der Waals surface area contributed by atoms with Gasteiger partial charge in [0.25, 0.3) is 6.43 Å². The number of hydrogen-bond acceptors (Lipinski definition) is 3. The van der Waals surface area contributed by atoms with Crippen LogP contribution in [0.3, 0.4) is 0 Å². The highest BCUT2D eigenvalue weighted by Crippen LogP contribution is 2.49. The molecule has 0 radical (unpaired) electrons. The molecule has 2 aromatic carbocycles. The van der Waals surface area contributed by atoms with E-state index in [9.17, 15) is 30.8 Å². The van der Waals surface area contributed by atoms with E-state index in [1.54, 1.807) is 0 Å². The Morgan fingerprint density at radius 1 is 1.15 bits per heavy atom. The highest BCUT2D eigenvalue weighted by Gasteiger charge is 2.60. The molecule has 2 fully saturated rings. The molecule has 0 aromatic heterocycles. The molecule has 1 aliphatic carbocycles. The second-order valence-corrected chi connectivity index (χ2v) is 10.4. The number of nitrogens with one attached hydrogen (secondary N) is 2. The summed E-state index contributed by atoms with van der Waals surface area (Å²) in [4.78, 5) is 14.0. The smallest absolute Gasteiger partial charge is 0.318 e. The molecule has 1 saturated heterocycles. The number of sulfonamides is 1. The molecule has 1 saturated carbocycles. The van der Waals surface area contributed by atoms with Crippen LogP contribution >= 0.6 is 0 Å². The molecular weight excluding hydrogens is 481 g/mol. The first-order valence-corrected chi connectivity index (χ1v) is 12.4. The molecule has 184 valence electrons. The van der Waals surface area contributed by atoms with Crippen LogP contribution in [-0.4, -0.2) is 56.7 Å². The van der Waals surface area contributed by atoms with E-state index in [0.717, 1.165) is 18.4 Å². The number of nitrogens with zero attached hydrogens (tertiary/aromatic N) is 1. The molecule has 1 aliphatic heterocycles. The van der Waals surface area contributed by atoms with Crippen LogP contribution in [0.1, 0.15) is 12.0 Å². The molecule has 12 heteroatoms. The minimum atomic E-state index is -3.69. The third-order valence-corrected chi connectivity index (χ3v) is 6.77. The van der Waals surface area contributed by atoms with Crippen LogP contribution in [0.5, 0.6) is 0 Å². The zero-order valence-electron chi connectivity index (χ0n) is 17.9. The van der Waals surface area contributed by atoms with Gasteiger partial charge in [0.15, 0.2) is 0 Å². The highest BCUT2D eigenvalue weighted by atomic mass is 32.2. The predicted octanol–water partition coefficient (Wildman–Crippen LogP) is 3.28. The Morgan fingerprint density at radius 3 is 2.44 bits per heavy atom. The van der Waals surface area contributed by atoms with Crippen LogP contribution in [-0.2, 0) is 16.4 Å². The molecule has 1 heterocycles. The maximum absolute atomic E-state index is 15.4. The Kier molecular flexibility index (Phi) is 6.56. The van der Waals surface area contributed by atoms with Crippen molar-refractivity contribution < 1.29 is 35.2 Å². The Morgan fingerprint density at radius 2 is 1.82 bits per heavy atom. The van der Waals surface area contributed by atoms with Gasteiger partial charge in [-0.15, -0.1) is 0 Å². The van der Waals surface area contributed by atoms with Crippen molar-refractivity contribution in [2.45, 2.75) is 37.4 Å². The molecule has 4 rings (SSSR count). The minimum Gasteiger partial charge on any atom is -0.332 e. The van der Waals surface area contributed by atoms with Gasteiger partial charge in [-0.3, -0.25) is 0 Å². The molecule has 4 atom stereocenters. The Hall–Kier alpha value is -2.73. The number of alkyl halides is 2. The van der Waals surface area contributed by atoms with Gasteiger partial charge >= 0.3 is 6.03 Å². The van der Waals surface area contributed by atoms with Gasteiger partial charge in [0, 0.05) is 23.7 Å². The third kappa shape index (κ3) is 5.17. The van der Waals surface area contributed by atoms with Crippen molar-refractivity contribution in [3.05, 3.63) is 59.4 Å². The first-order valence-electron chi connectivity index (χ1n) is 10.5. The van der Waals surface area contributed by atoms with E-state index in [1.807, 2.05) is 0 Å². The third-order valence-electron chi connectivity index (χ3n) is 6.07. The number of benzene rings is 2. The van der Waals surface area contributed by atoms with E-state index in [-0.39, 0.29) is 35.1 Å². The fourth-order valence-electron chi connectivity index (χ4n) is 4.70. The number of rotatable bonds is 7. The van der Waals surface area contributed by atoms with E-state index in [2.05, 4.69) is 10.0 Å². The normalized spacial score (nSPS) is 23.8. The monoisotopic (exact) mass is 503 g/mol. The van der Waals surface area contributed by atoms with Gasteiger partial charge < -0.3 is 10.2 Å². The van der Waals surface area contributed by atoms with Crippen LogP contribution in [0, 0.1) is 23.4 Å². The van der Waals surface area contributed by atoms with E-state index >= 15 is 4.39 Å². The van der Waals surface area contributed by atoms with Crippen molar-refractivity contribution in [2.24, 2.45) is 5.92 Å². The number of piperidine rings is 1. The van der Waals surface area contributed by atoms with Crippen molar-refractivity contribution in [1.29, 1.82) is 0 Å². The molecular formula is C22H22F5N3O3S. The molecule has 6 nitrogen and oxygen atoms in total. The quantitative estimate of drug-likeness (QED) is 0.570. The van der Waals surface area contributed by atoms with Crippen LogP contribution in [0.25, 0.3) is 11.1 Å². The van der Waals surface area contributed by atoms with Gasteiger partial charge in [0.05, 0.1) is 18.8 Å². The van der Waals surface area contributed by atoms with Crippen LogP contribution in [0.15, 0.2) is 36.4 Å². The van der Waals surface area contributed by atoms with Gasteiger partial charge in [-0.1, -0.05) is 18.2 Å². The van der Waals surface area contributed by atoms with Gasteiger partial charge in [-0.2, -0.15) is 0 Å². The summed E-state index contributed by atoms with van der Waals surface area (Å²) in [6.45, 7) is -0.876. The van der Waals surface area contributed by atoms with E-state index in [0.29, 0.717) is 12.5 Å². The summed E-state index contributed by atoms with van der Waals surface area (Å²) in [6.07, 6.45) is -1.47. The number of carbonyl (C=O) groups excluding carboxylic acids is 1. The SMILES string of the molecule is CS(=O)(=O)N[C@@H]1[C@H]2C[C@H]2N(C(=O)NCC(F)F)[C@@H]1Cc1cccc(-c2cc(F)cc(F)c2)c1F. The Labute approximate surface area is 193 Å². The summed E-state index contributed by atoms with van der Waals surface area (Å²) in [5.41, 5.74) is -0.00993. The van der Waals surface area contributed by atoms with Crippen LogP contribution < -0.4 is 10.0 Å². The zero-order chi connectivity index (χ0) is 24.8. The molecule has 0 unspecified atom stereocenters. The fraction of sp³-hybridized carbons (Fsp3) is 0.409. The van der Waals surface area contributed by atoms with E-state index in [4.69, 9.17) is 0 Å². The lowest BCUT2D eigenvalue weighted by Gasteiger charge is -2.32. The zero-order valence-corrected chi connectivity index (χ0v) is 18.8. The summed E-state index contributed by atoms with van der Waals surface area (Å²) in [5, 5.41) is 2.13. The van der Waals surface area contributed by atoms with Crippen molar-refractivity contribution in [1.82, 2.24) is 14.9 Å². The summed E-state index contributed by atoms with van der Waals surface area (Å²) in [7, 11) is -3.69. The van der Waals surface area contributed by atoms with Gasteiger partial charge in [-0.05, 0) is 42.0 Å². The molecule has 0 bridgehead atoms. The van der Waals surface area contributed by atoms with Crippen molar-refractivity contribution in [3.63, 3.8) is 0 Å². The first-order chi connectivity index (χ1) is 15.9. The largest absolute Gasteiger partial charge is 0.332 e. The van der Waals surface area contributed by atoms with E-state index in [1.165, 1.54) is 23.1 Å². The lowest BCUT2D eigenvalue weighted by Crippen LogP contribution is -2.53. The topological polar surface area (TPSA) is 78.5 Å². The van der Waals surface area contributed by atoms with Gasteiger partial charge in [0.1, 0.15) is 17.5 Å². The Balaban J connectivity index is 1.67. The first kappa shape index (κ1) is 24.4. The average molecular weight is 503 g/mol. The number of hydrogen-bond donors (Lipinski definition) is 2. The summed E-state index contributed by atoms with van der Waals surface area (Å²) in [5.74, 6) is -2.77. The lowest BCUT2D eigenvalue weighted by atomic mass is 9.94. The molecule has 2 aliphatic rings. The molecule has 34 heavy (non-hydrogen) atoms. The predicted molar refractivity (Wildman–Crippen MR) is 114 cm³/mol.